The van der Waals surface area contributed by atoms with Crippen molar-refractivity contribution < 1.29 is 4.74 Å². The number of rotatable bonds is 7. The van der Waals surface area contributed by atoms with Gasteiger partial charge >= 0.3 is 0 Å². The quantitative estimate of drug-likeness (QED) is 0.226. The maximum absolute atomic E-state index is 6.20. The molecule has 3 aromatic carbocycles. The second-order valence-electron chi connectivity index (χ2n) is 6.87. The molecule has 1 heterocycles. The molecule has 156 valence electrons. The average molecular weight is 468 g/mol. The zero-order valence-corrected chi connectivity index (χ0v) is 19.0. The van der Waals surface area contributed by atoms with Crippen LogP contribution in [0, 0.1) is 6.92 Å². The molecule has 0 bridgehead atoms. The van der Waals surface area contributed by atoms with Crippen LogP contribution in [0.15, 0.2) is 77.2 Å². The molecule has 0 aliphatic rings. The fourth-order valence-corrected chi connectivity index (χ4v) is 3.96. The number of aromatic nitrogens is 1. The van der Waals surface area contributed by atoms with E-state index in [1.807, 2.05) is 35.7 Å². The van der Waals surface area contributed by atoms with E-state index >= 15 is 0 Å². The molecule has 1 N–H and O–H groups in total. The normalized spacial score (nSPS) is 11.1. The first-order valence-corrected chi connectivity index (χ1v) is 11.2. The minimum Gasteiger partial charge on any atom is -0.489 e. The summed E-state index contributed by atoms with van der Waals surface area (Å²) in [5.74, 6) is 0.728. The van der Waals surface area contributed by atoms with Gasteiger partial charge in [0.05, 0.1) is 11.9 Å². The molecule has 0 radical (unpaired) electrons. The van der Waals surface area contributed by atoms with Gasteiger partial charge in [-0.25, -0.2) is 4.98 Å². The molecule has 0 atom stereocenters. The Labute approximate surface area is 195 Å². The topological polar surface area (TPSA) is 46.5 Å². The highest BCUT2D eigenvalue weighted by molar-refractivity contribution is 7.14. The first-order chi connectivity index (χ1) is 15.1. The van der Waals surface area contributed by atoms with Crippen LogP contribution < -0.4 is 10.2 Å². The summed E-state index contributed by atoms with van der Waals surface area (Å²) in [6.07, 6.45) is 1.73. The third-order valence-corrected chi connectivity index (χ3v) is 5.83. The molecule has 4 rings (SSSR count). The molecule has 31 heavy (non-hydrogen) atoms. The van der Waals surface area contributed by atoms with Crippen LogP contribution in [-0.4, -0.2) is 11.2 Å². The summed E-state index contributed by atoms with van der Waals surface area (Å²) in [4.78, 5) is 4.58. The molecule has 0 saturated heterocycles. The minimum absolute atomic E-state index is 0.357. The summed E-state index contributed by atoms with van der Waals surface area (Å²) < 4.78 is 5.86. The van der Waals surface area contributed by atoms with Gasteiger partial charge in [0.15, 0.2) is 0 Å². The molecule has 0 fully saturated rings. The van der Waals surface area contributed by atoms with Crippen LogP contribution in [-0.2, 0) is 6.61 Å². The monoisotopic (exact) mass is 467 g/mol. The van der Waals surface area contributed by atoms with Gasteiger partial charge in [-0.15, -0.1) is 11.3 Å². The highest BCUT2D eigenvalue weighted by Gasteiger charge is 2.05. The molecular weight excluding hydrogens is 449 g/mol. The predicted octanol–water partition coefficient (Wildman–Crippen LogP) is 7.45. The van der Waals surface area contributed by atoms with Crippen LogP contribution in [0.2, 0.25) is 10.0 Å². The molecule has 0 amide bonds. The van der Waals surface area contributed by atoms with Crippen LogP contribution in [0.4, 0.5) is 5.13 Å². The predicted molar refractivity (Wildman–Crippen MR) is 131 cm³/mol. The summed E-state index contributed by atoms with van der Waals surface area (Å²) in [5.41, 5.74) is 8.01. The number of hydrogen-bond acceptors (Lipinski definition) is 5. The molecule has 0 spiro atoms. The third-order valence-electron chi connectivity index (χ3n) is 4.49. The smallest absolute Gasteiger partial charge is 0.203 e. The summed E-state index contributed by atoms with van der Waals surface area (Å²) in [7, 11) is 0. The van der Waals surface area contributed by atoms with E-state index in [4.69, 9.17) is 27.9 Å². The molecule has 0 aliphatic carbocycles. The second kappa shape index (κ2) is 9.96. The Balaban J connectivity index is 1.36. The van der Waals surface area contributed by atoms with Gasteiger partial charge in [0.1, 0.15) is 12.4 Å². The maximum Gasteiger partial charge on any atom is 0.203 e. The summed E-state index contributed by atoms with van der Waals surface area (Å²) in [6, 6.07) is 21.3. The Hall–Kier alpha value is -2.86. The first-order valence-electron chi connectivity index (χ1n) is 9.55. The average Bonchev–Trinajstić information content (AvgIpc) is 3.23. The number of hydrazone groups is 1. The van der Waals surface area contributed by atoms with Crippen molar-refractivity contribution in [2.75, 3.05) is 5.43 Å². The van der Waals surface area contributed by atoms with Gasteiger partial charge in [0, 0.05) is 26.6 Å². The van der Waals surface area contributed by atoms with Crippen molar-refractivity contribution in [3.8, 4) is 17.0 Å². The van der Waals surface area contributed by atoms with E-state index in [2.05, 4.69) is 46.7 Å². The SMILES string of the molecule is Cc1ccc(-c2csc(N/N=C\c3cccc(OCc4ccc(Cl)cc4Cl)c3)n2)cc1. The number of benzene rings is 3. The molecule has 4 aromatic rings. The zero-order chi connectivity index (χ0) is 21.6. The van der Waals surface area contributed by atoms with E-state index < -0.39 is 0 Å². The van der Waals surface area contributed by atoms with Gasteiger partial charge in [-0.1, -0.05) is 71.2 Å². The van der Waals surface area contributed by atoms with Gasteiger partial charge < -0.3 is 4.74 Å². The lowest BCUT2D eigenvalue weighted by atomic mass is 10.1. The molecule has 0 aliphatic heterocycles. The molecule has 1 aromatic heterocycles. The number of aryl methyl sites for hydroxylation is 1. The summed E-state index contributed by atoms with van der Waals surface area (Å²) >= 11 is 13.7. The van der Waals surface area contributed by atoms with Gasteiger partial charge in [-0.05, 0) is 36.8 Å². The van der Waals surface area contributed by atoms with E-state index in [-0.39, 0.29) is 0 Å². The molecule has 0 saturated carbocycles. The van der Waals surface area contributed by atoms with Crippen molar-refractivity contribution in [3.63, 3.8) is 0 Å². The Morgan fingerprint density at radius 3 is 2.71 bits per heavy atom. The Morgan fingerprint density at radius 1 is 1.06 bits per heavy atom. The molecular formula is C24H19Cl2N3OS. The Bertz CT molecular complexity index is 1210. The highest BCUT2D eigenvalue weighted by atomic mass is 35.5. The van der Waals surface area contributed by atoms with Crippen molar-refractivity contribution in [3.05, 3.63) is 98.8 Å². The van der Waals surface area contributed by atoms with E-state index in [9.17, 15) is 0 Å². The Kier molecular flexibility index (Phi) is 6.87. The van der Waals surface area contributed by atoms with Gasteiger partial charge in [0.25, 0.3) is 0 Å². The van der Waals surface area contributed by atoms with Crippen molar-refractivity contribution in [1.82, 2.24) is 4.98 Å². The lowest BCUT2D eigenvalue weighted by Gasteiger charge is -2.08. The largest absolute Gasteiger partial charge is 0.489 e. The van der Waals surface area contributed by atoms with Crippen molar-refractivity contribution in [2.45, 2.75) is 13.5 Å². The minimum atomic E-state index is 0.357. The standard InChI is InChI=1S/C24H19Cl2N3OS/c1-16-5-7-18(8-6-16)23-15-31-24(28-23)29-27-13-17-3-2-4-21(11-17)30-14-19-9-10-20(25)12-22(19)26/h2-13,15H,14H2,1H3,(H,28,29)/b27-13-. The van der Waals surface area contributed by atoms with Crippen LogP contribution in [0.25, 0.3) is 11.3 Å². The van der Waals surface area contributed by atoms with Crippen molar-refractivity contribution >= 4 is 45.9 Å². The summed E-state index contributed by atoms with van der Waals surface area (Å²) in [5, 5.41) is 8.23. The van der Waals surface area contributed by atoms with Gasteiger partial charge in [-0.2, -0.15) is 5.10 Å². The molecule has 7 heteroatoms. The van der Waals surface area contributed by atoms with E-state index in [1.165, 1.54) is 16.9 Å². The third kappa shape index (κ3) is 5.85. The fourth-order valence-electron chi connectivity index (χ4n) is 2.83. The number of thiazole rings is 1. The number of ether oxygens (including phenoxy) is 1. The Morgan fingerprint density at radius 2 is 1.90 bits per heavy atom. The van der Waals surface area contributed by atoms with Crippen LogP contribution in [0.3, 0.4) is 0 Å². The number of halogens is 2. The number of nitrogens with zero attached hydrogens (tertiary/aromatic N) is 2. The fraction of sp³-hybridized carbons (Fsp3) is 0.0833. The number of nitrogens with one attached hydrogen (secondary N) is 1. The maximum atomic E-state index is 6.20. The lowest BCUT2D eigenvalue weighted by Crippen LogP contribution is -1.97. The molecule has 4 nitrogen and oxygen atoms in total. The van der Waals surface area contributed by atoms with E-state index in [0.29, 0.717) is 16.7 Å². The zero-order valence-electron chi connectivity index (χ0n) is 16.7. The van der Waals surface area contributed by atoms with Crippen molar-refractivity contribution in [1.29, 1.82) is 0 Å². The van der Waals surface area contributed by atoms with Crippen LogP contribution >= 0.6 is 34.5 Å². The first kappa shape index (κ1) is 21.4. The lowest BCUT2D eigenvalue weighted by molar-refractivity contribution is 0.306. The van der Waals surface area contributed by atoms with Crippen LogP contribution in [0.1, 0.15) is 16.7 Å². The molecule has 0 unspecified atom stereocenters. The van der Waals surface area contributed by atoms with E-state index in [0.717, 1.165) is 33.3 Å². The highest BCUT2D eigenvalue weighted by Crippen LogP contribution is 2.25. The van der Waals surface area contributed by atoms with Gasteiger partial charge in [-0.3, -0.25) is 5.43 Å². The van der Waals surface area contributed by atoms with Crippen molar-refractivity contribution in [2.24, 2.45) is 5.10 Å². The van der Waals surface area contributed by atoms with Crippen LogP contribution in [0.5, 0.6) is 5.75 Å². The number of anilines is 1. The summed E-state index contributed by atoms with van der Waals surface area (Å²) in [6.45, 7) is 2.43. The number of hydrogen-bond donors (Lipinski definition) is 1. The second-order valence-corrected chi connectivity index (χ2v) is 8.57. The van der Waals surface area contributed by atoms with Gasteiger partial charge in [0.2, 0.25) is 5.13 Å². The van der Waals surface area contributed by atoms with E-state index in [1.54, 1.807) is 18.3 Å².